The number of hydrogen-bond acceptors (Lipinski definition) is 2. The maximum Gasteiger partial charge on any atom is 0.119 e. The molecule has 0 aromatic heterocycles. The monoisotopic (exact) mass is 234 g/mol. The third-order valence-corrected chi connectivity index (χ3v) is 4.13. The fourth-order valence-electron chi connectivity index (χ4n) is 2.98. The van der Waals surface area contributed by atoms with Gasteiger partial charge in [0.05, 0.1) is 13.2 Å². The Morgan fingerprint density at radius 1 is 1.35 bits per heavy atom. The van der Waals surface area contributed by atoms with Gasteiger partial charge >= 0.3 is 0 Å². The Balaban J connectivity index is 2.21. The van der Waals surface area contributed by atoms with E-state index < -0.39 is 0 Å². The van der Waals surface area contributed by atoms with E-state index in [-0.39, 0.29) is 6.10 Å². The fourth-order valence-corrected chi connectivity index (χ4v) is 2.98. The van der Waals surface area contributed by atoms with Crippen molar-refractivity contribution in [3.05, 3.63) is 29.3 Å². The molecule has 2 nitrogen and oxygen atoms in total. The Morgan fingerprint density at radius 3 is 2.65 bits per heavy atom. The minimum atomic E-state index is -0.321. The van der Waals surface area contributed by atoms with Crippen LogP contribution in [0.25, 0.3) is 0 Å². The van der Waals surface area contributed by atoms with Crippen molar-refractivity contribution < 1.29 is 9.84 Å². The van der Waals surface area contributed by atoms with Crippen molar-refractivity contribution in [1.82, 2.24) is 0 Å². The summed E-state index contributed by atoms with van der Waals surface area (Å²) in [6.07, 6.45) is 3.32. The number of benzene rings is 1. The molecule has 0 spiro atoms. The Kier molecular flexibility index (Phi) is 3.72. The molecular weight excluding hydrogens is 212 g/mol. The van der Waals surface area contributed by atoms with Gasteiger partial charge in [0.25, 0.3) is 0 Å². The molecule has 17 heavy (non-hydrogen) atoms. The van der Waals surface area contributed by atoms with Crippen LogP contribution in [-0.2, 0) is 0 Å². The number of methoxy groups -OCH3 is 1. The minimum Gasteiger partial charge on any atom is -0.497 e. The first kappa shape index (κ1) is 12.4. The summed E-state index contributed by atoms with van der Waals surface area (Å²) in [5.41, 5.74) is 2.18. The Morgan fingerprint density at radius 2 is 2.12 bits per heavy atom. The van der Waals surface area contributed by atoms with Gasteiger partial charge in [-0.3, -0.25) is 0 Å². The molecule has 1 saturated carbocycles. The lowest BCUT2D eigenvalue weighted by molar-refractivity contribution is 0.0894. The van der Waals surface area contributed by atoms with Gasteiger partial charge in [0.15, 0.2) is 0 Å². The van der Waals surface area contributed by atoms with Crippen LogP contribution >= 0.6 is 0 Å². The predicted molar refractivity (Wildman–Crippen MR) is 69.2 cm³/mol. The number of aliphatic hydroxyl groups excluding tert-OH is 1. The van der Waals surface area contributed by atoms with Crippen molar-refractivity contribution in [2.45, 2.75) is 39.2 Å². The van der Waals surface area contributed by atoms with Crippen LogP contribution in [0.3, 0.4) is 0 Å². The van der Waals surface area contributed by atoms with E-state index in [0.29, 0.717) is 11.8 Å². The van der Waals surface area contributed by atoms with E-state index in [1.165, 1.54) is 12.8 Å². The highest BCUT2D eigenvalue weighted by Gasteiger charge is 2.31. The van der Waals surface area contributed by atoms with E-state index in [1.807, 2.05) is 25.1 Å². The molecule has 0 aliphatic heterocycles. The first-order valence-electron chi connectivity index (χ1n) is 6.46. The quantitative estimate of drug-likeness (QED) is 0.867. The van der Waals surface area contributed by atoms with Crippen LogP contribution in [-0.4, -0.2) is 12.2 Å². The average Bonchev–Trinajstić information content (AvgIpc) is 2.74. The standard InChI is InChI=1S/C15H22O2/c1-10-5-4-6-13(10)15(16)14-8-7-12(17-3)9-11(14)2/h7-10,13,15-16H,4-6H2,1-3H3. The van der Waals surface area contributed by atoms with E-state index in [1.54, 1.807) is 7.11 Å². The number of aliphatic hydroxyl groups is 1. The van der Waals surface area contributed by atoms with Gasteiger partial charge in [-0.15, -0.1) is 0 Å². The molecule has 0 amide bonds. The molecule has 1 aliphatic carbocycles. The zero-order valence-electron chi connectivity index (χ0n) is 10.9. The molecule has 3 unspecified atom stereocenters. The third-order valence-electron chi connectivity index (χ3n) is 4.13. The molecule has 1 aliphatic rings. The van der Waals surface area contributed by atoms with E-state index in [0.717, 1.165) is 23.3 Å². The molecule has 0 bridgehead atoms. The van der Waals surface area contributed by atoms with E-state index in [9.17, 15) is 5.11 Å². The Hall–Kier alpha value is -1.02. The van der Waals surface area contributed by atoms with Gasteiger partial charge in [0.2, 0.25) is 0 Å². The molecule has 94 valence electrons. The second-order valence-electron chi connectivity index (χ2n) is 5.24. The molecule has 2 heteroatoms. The second-order valence-corrected chi connectivity index (χ2v) is 5.24. The van der Waals surface area contributed by atoms with Crippen LogP contribution in [0.1, 0.15) is 43.4 Å². The Bertz CT molecular complexity index is 387. The maximum absolute atomic E-state index is 10.5. The van der Waals surface area contributed by atoms with Gasteiger partial charge in [-0.25, -0.2) is 0 Å². The van der Waals surface area contributed by atoms with Crippen molar-refractivity contribution >= 4 is 0 Å². The molecule has 1 aromatic carbocycles. The molecule has 0 heterocycles. The summed E-state index contributed by atoms with van der Waals surface area (Å²) in [5, 5.41) is 10.5. The smallest absolute Gasteiger partial charge is 0.119 e. The van der Waals surface area contributed by atoms with Gasteiger partial charge in [-0.2, -0.15) is 0 Å². The van der Waals surface area contributed by atoms with Crippen LogP contribution in [0.4, 0.5) is 0 Å². The highest BCUT2D eigenvalue weighted by atomic mass is 16.5. The number of rotatable bonds is 3. The summed E-state index contributed by atoms with van der Waals surface area (Å²) in [4.78, 5) is 0. The summed E-state index contributed by atoms with van der Waals surface area (Å²) < 4.78 is 5.19. The van der Waals surface area contributed by atoms with Gasteiger partial charge in [-0.1, -0.05) is 25.8 Å². The zero-order chi connectivity index (χ0) is 12.4. The van der Waals surface area contributed by atoms with Crippen molar-refractivity contribution in [1.29, 1.82) is 0 Å². The van der Waals surface area contributed by atoms with Crippen molar-refractivity contribution in [3.63, 3.8) is 0 Å². The van der Waals surface area contributed by atoms with E-state index in [4.69, 9.17) is 4.74 Å². The minimum absolute atomic E-state index is 0.321. The third kappa shape index (κ3) is 2.47. The first-order valence-corrected chi connectivity index (χ1v) is 6.46. The second kappa shape index (κ2) is 5.09. The highest BCUT2D eigenvalue weighted by molar-refractivity contribution is 5.36. The van der Waals surface area contributed by atoms with Crippen LogP contribution in [0.5, 0.6) is 5.75 Å². The summed E-state index contributed by atoms with van der Waals surface area (Å²) >= 11 is 0. The Labute approximate surface area is 104 Å². The molecule has 0 saturated heterocycles. The summed E-state index contributed by atoms with van der Waals surface area (Å²) in [6, 6.07) is 5.94. The van der Waals surface area contributed by atoms with Gasteiger partial charge < -0.3 is 9.84 Å². The van der Waals surface area contributed by atoms with Crippen molar-refractivity contribution in [2.75, 3.05) is 7.11 Å². The van der Waals surface area contributed by atoms with Gasteiger partial charge in [0, 0.05) is 0 Å². The van der Waals surface area contributed by atoms with Gasteiger partial charge in [0.1, 0.15) is 5.75 Å². The summed E-state index contributed by atoms with van der Waals surface area (Å²) in [7, 11) is 1.67. The van der Waals surface area contributed by atoms with E-state index >= 15 is 0 Å². The maximum atomic E-state index is 10.5. The largest absolute Gasteiger partial charge is 0.497 e. The van der Waals surface area contributed by atoms with Crippen molar-refractivity contribution in [3.8, 4) is 5.75 Å². The lowest BCUT2D eigenvalue weighted by Crippen LogP contribution is -2.16. The zero-order valence-corrected chi connectivity index (χ0v) is 10.9. The van der Waals surface area contributed by atoms with Crippen LogP contribution in [0, 0.1) is 18.8 Å². The van der Waals surface area contributed by atoms with Crippen LogP contribution in [0.15, 0.2) is 18.2 Å². The van der Waals surface area contributed by atoms with E-state index in [2.05, 4.69) is 6.92 Å². The molecule has 3 atom stereocenters. The number of ether oxygens (including phenoxy) is 1. The SMILES string of the molecule is COc1ccc(C(O)C2CCCC2C)c(C)c1. The molecule has 1 aromatic rings. The van der Waals surface area contributed by atoms with Crippen LogP contribution in [0.2, 0.25) is 0 Å². The average molecular weight is 234 g/mol. The number of aryl methyl sites for hydroxylation is 1. The van der Waals surface area contributed by atoms with Crippen LogP contribution < -0.4 is 4.74 Å². The van der Waals surface area contributed by atoms with Crippen molar-refractivity contribution in [2.24, 2.45) is 11.8 Å². The highest BCUT2D eigenvalue weighted by Crippen LogP contribution is 2.41. The predicted octanol–water partition coefficient (Wildman–Crippen LogP) is 3.47. The summed E-state index contributed by atoms with van der Waals surface area (Å²) in [5.74, 6) is 1.91. The molecule has 0 radical (unpaired) electrons. The molecule has 1 fully saturated rings. The first-order chi connectivity index (χ1) is 8.13. The van der Waals surface area contributed by atoms with Gasteiger partial charge in [-0.05, 0) is 48.4 Å². The number of hydrogen-bond donors (Lipinski definition) is 1. The molecule has 2 rings (SSSR count). The molecular formula is C15H22O2. The topological polar surface area (TPSA) is 29.5 Å². The molecule has 1 N–H and O–H groups in total. The lowest BCUT2D eigenvalue weighted by atomic mass is 9.86. The lowest BCUT2D eigenvalue weighted by Gasteiger charge is -2.24. The summed E-state index contributed by atoms with van der Waals surface area (Å²) in [6.45, 7) is 4.29. The normalized spacial score (nSPS) is 25.9. The fraction of sp³-hybridized carbons (Fsp3) is 0.600.